The molecule has 0 aliphatic rings. The Morgan fingerprint density at radius 3 is 2.68 bits per heavy atom. The molecular formula is C16H24N4OS. The van der Waals surface area contributed by atoms with Gasteiger partial charge in [-0.2, -0.15) is 16.4 Å². The van der Waals surface area contributed by atoms with E-state index in [1.165, 1.54) is 5.56 Å². The Morgan fingerprint density at radius 2 is 2.18 bits per heavy atom. The Labute approximate surface area is 135 Å². The Morgan fingerprint density at radius 1 is 1.45 bits per heavy atom. The summed E-state index contributed by atoms with van der Waals surface area (Å²) >= 11 is 1.69. The van der Waals surface area contributed by atoms with Crippen molar-refractivity contribution in [2.24, 2.45) is 7.05 Å². The number of nitrogens with one attached hydrogen (secondary N) is 1. The molecule has 0 aliphatic carbocycles. The fraction of sp³-hybridized carbons (Fsp3) is 0.500. The van der Waals surface area contributed by atoms with Crippen LogP contribution in [0.2, 0.25) is 0 Å². The van der Waals surface area contributed by atoms with Gasteiger partial charge >= 0.3 is 0 Å². The predicted octanol–water partition coefficient (Wildman–Crippen LogP) is 2.60. The van der Waals surface area contributed by atoms with Gasteiger partial charge in [-0.15, -0.1) is 0 Å². The van der Waals surface area contributed by atoms with Gasteiger partial charge in [0.25, 0.3) is 5.91 Å². The van der Waals surface area contributed by atoms with Crippen molar-refractivity contribution < 1.29 is 4.79 Å². The summed E-state index contributed by atoms with van der Waals surface area (Å²) in [6.45, 7) is 8.72. The maximum absolute atomic E-state index is 12.4. The molecule has 0 bridgehead atoms. The first-order valence-corrected chi connectivity index (χ1v) is 8.55. The van der Waals surface area contributed by atoms with Gasteiger partial charge in [0.15, 0.2) is 0 Å². The summed E-state index contributed by atoms with van der Waals surface area (Å²) in [5.41, 5.74) is 2.79. The molecular weight excluding hydrogens is 296 g/mol. The molecule has 2 rings (SSSR count). The number of carbonyl (C=O) groups is 1. The van der Waals surface area contributed by atoms with Gasteiger partial charge in [0.2, 0.25) is 0 Å². The lowest BCUT2D eigenvalue weighted by atomic mass is 10.1. The number of hydrogen-bond acceptors (Lipinski definition) is 4. The maximum atomic E-state index is 12.4. The van der Waals surface area contributed by atoms with Crippen molar-refractivity contribution in [1.29, 1.82) is 0 Å². The number of amides is 1. The molecule has 2 aromatic rings. The fourth-order valence-corrected chi connectivity index (χ4v) is 3.30. The molecule has 0 aromatic carbocycles. The molecule has 120 valence electrons. The number of thiophene rings is 1. The lowest BCUT2D eigenvalue weighted by Gasteiger charge is -2.29. The first kappa shape index (κ1) is 16.7. The third-order valence-corrected chi connectivity index (χ3v) is 4.82. The van der Waals surface area contributed by atoms with Crippen LogP contribution in [0.1, 0.15) is 41.5 Å². The lowest BCUT2D eigenvalue weighted by molar-refractivity contribution is 0.0934. The molecule has 2 heterocycles. The molecule has 0 aliphatic heterocycles. The third kappa shape index (κ3) is 3.56. The van der Waals surface area contributed by atoms with Gasteiger partial charge in [0.1, 0.15) is 0 Å². The minimum Gasteiger partial charge on any atom is -0.350 e. The standard InChI is InChI=1S/C16H24N4OS/c1-5-20(6-2)15(13-7-8-22-11-13)10-17-16(21)14-9-18-19(4)12(14)3/h7-9,11,15H,5-6,10H2,1-4H3,(H,17,21)/t15-/m1/s1. The second kappa shape index (κ2) is 7.56. The molecule has 0 saturated carbocycles. The van der Waals surface area contributed by atoms with E-state index in [1.807, 2.05) is 14.0 Å². The molecule has 0 fully saturated rings. The van der Waals surface area contributed by atoms with Gasteiger partial charge in [-0.05, 0) is 42.4 Å². The Hall–Kier alpha value is -1.66. The highest BCUT2D eigenvalue weighted by molar-refractivity contribution is 7.07. The van der Waals surface area contributed by atoms with Gasteiger partial charge in [-0.25, -0.2) is 0 Å². The van der Waals surface area contributed by atoms with E-state index in [1.54, 1.807) is 22.2 Å². The van der Waals surface area contributed by atoms with E-state index in [4.69, 9.17) is 0 Å². The zero-order valence-electron chi connectivity index (χ0n) is 13.7. The van der Waals surface area contributed by atoms with Crippen LogP contribution in [0.15, 0.2) is 23.0 Å². The first-order chi connectivity index (χ1) is 10.6. The van der Waals surface area contributed by atoms with E-state index in [0.717, 1.165) is 18.8 Å². The number of carbonyl (C=O) groups excluding carboxylic acids is 1. The van der Waals surface area contributed by atoms with Crippen LogP contribution in [0, 0.1) is 6.92 Å². The Kier molecular flexibility index (Phi) is 5.74. The van der Waals surface area contributed by atoms with E-state index in [-0.39, 0.29) is 11.9 Å². The topological polar surface area (TPSA) is 50.2 Å². The molecule has 0 unspecified atom stereocenters. The van der Waals surface area contributed by atoms with Crippen LogP contribution in [-0.2, 0) is 7.05 Å². The minimum atomic E-state index is -0.0574. The van der Waals surface area contributed by atoms with Crippen molar-refractivity contribution in [3.8, 4) is 0 Å². The van der Waals surface area contributed by atoms with E-state index in [2.05, 4.69) is 46.0 Å². The quantitative estimate of drug-likeness (QED) is 0.853. The van der Waals surface area contributed by atoms with E-state index in [0.29, 0.717) is 12.1 Å². The fourth-order valence-electron chi connectivity index (χ4n) is 2.59. The van der Waals surface area contributed by atoms with Crippen LogP contribution in [0.25, 0.3) is 0 Å². The van der Waals surface area contributed by atoms with Crippen molar-refractivity contribution in [1.82, 2.24) is 20.0 Å². The smallest absolute Gasteiger partial charge is 0.254 e. The van der Waals surface area contributed by atoms with Gasteiger partial charge in [0, 0.05) is 19.3 Å². The molecule has 2 aromatic heterocycles. The Bertz CT molecular complexity index is 602. The van der Waals surface area contributed by atoms with Gasteiger partial charge in [-0.3, -0.25) is 14.4 Å². The maximum Gasteiger partial charge on any atom is 0.254 e. The van der Waals surface area contributed by atoms with Gasteiger partial charge in [0.05, 0.1) is 17.8 Å². The van der Waals surface area contributed by atoms with Gasteiger partial charge in [-0.1, -0.05) is 13.8 Å². The molecule has 0 spiro atoms. The molecule has 0 radical (unpaired) electrons. The Balaban J connectivity index is 2.08. The van der Waals surface area contributed by atoms with Crippen LogP contribution in [0.3, 0.4) is 0 Å². The lowest BCUT2D eigenvalue weighted by Crippen LogP contribution is -2.38. The van der Waals surface area contributed by atoms with Crippen molar-refractivity contribution in [2.75, 3.05) is 19.6 Å². The monoisotopic (exact) mass is 320 g/mol. The second-order valence-electron chi connectivity index (χ2n) is 5.27. The summed E-state index contributed by atoms with van der Waals surface area (Å²) in [5.74, 6) is -0.0574. The summed E-state index contributed by atoms with van der Waals surface area (Å²) in [7, 11) is 1.84. The molecule has 0 saturated heterocycles. The summed E-state index contributed by atoms with van der Waals surface area (Å²) in [4.78, 5) is 14.7. The average molecular weight is 320 g/mol. The third-order valence-electron chi connectivity index (χ3n) is 4.12. The number of rotatable bonds is 7. The summed E-state index contributed by atoms with van der Waals surface area (Å²) in [6.07, 6.45) is 1.63. The molecule has 1 atom stereocenters. The van der Waals surface area contributed by atoms with E-state index < -0.39 is 0 Å². The number of aromatic nitrogens is 2. The van der Waals surface area contributed by atoms with Crippen LogP contribution >= 0.6 is 11.3 Å². The summed E-state index contributed by atoms with van der Waals surface area (Å²) in [5, 5.41) is 11.4. The van der Waals surface area contributed by atoms with Crippen LogP contribution < -0.4 is 5.32 Å². The number of nitrogens with zero attached hydrogens (tertiary/aromatic N) is 3. The molecule has 1 amide bonds. The minimum absolute atomic E-state index is 0.0574. The summed E-state index contributed by atoms with van der Waals surface area (Å²) < 4.78 is 1.72. The number of hydrogen-bond donors (Lipinski definition) is 1. The SMILES string of the molecule is CCN(CC)[C@H](CNC(=O)c1cnn(C)c1C)c1ccsc1. The summed E-state index contributed by atoms with van der Waals surface area (Å²) in [6, 6.07) is 2.34. The van der Waals surface area contributed by atoms with Crippen molar-refractivity contribution >= 4 is 17.2 Å². The normalized spacial score (nSPS) is 12.6. The molecule has 6 heteroatoms. The highest BCUT2D eigenvalue weighted by Crippen LogP contribution is 2.22. The zero-order valence-corrected chi connectivity index (χ0v) is 14.5. The van der Waals surface area contributed by atoms with Crippen molar-refractivity contribution in [2.45, 2.75) is 26.8 Å². The predicted molar refractivity (Wildman–Crippen MR) is 90.3 cm³/mol. The van der Waals surface area contributed by atoms with Crippen molar-refractivity contribution in [3.05, 3.63) is 39.8 Å². The van der Waals surface area contributed by atoms with Crippen LogP contribution in [0.4, 0.5) is 0 Å². The first-order valence-electron chi connectivity index (χ1n) is 7.61. The van der Waals surface area contributed by atoms with Crippen molar-refractivity contribution in [3.63, 3.8) is 0 Å². The zero-order chi connectivity index (χ0) is 16.1. The second-order valence-corrected chi connectivity index (χ2v) is 6.05. The average Bonchev–Trinajstić information content (AvgIpc) is 3.15. The largest absolute Gasteiger partial charge is 0.350 e. The highest BCUT2D eigenvalue weighted by atomic mass is 32.1. The van der Waals surface area contributed by atoms with Gasteiger partial charge < -0.3 is 5.32 Å². The van der Waals surface area contributed by atoms with Crippen LogP contribution in [-0.4, -0.2) is 40.2 Å². The molecule has 1 N–H and O–H groups in total. The van der Waals surface area contributed by atoms with E-state index in [9.17, 15) is 4.79 Å². The van der Waals surface area contributed by atoms with E-state index >= 15 is 0 Å². The highest BCUT2D eigenvalue weighted by Gasteiger charge is 2.20. The molecule has 22 heavy (non-hydrogen) atoms. The van der Waals surface area contributed by atoms with Crippen LogP contribution in [0.5, 0.6) is 0 Å². The number of likely N-dealkylation sites (N-methyl/N-ethyl adjacent to an activating group) is 1. The number of aryl methyl sites for hydroxylation is 1. The molecule has 5 nitrogen and oxygen atoms in total.